The number of fused-ring (bicyclic) bond motifs is 1. The van der Waals surface area contributed by atoms with Gasteiger partial charge in [-0.05, 0) is 62.7 Å². The van der Waals surface area contributed by atoms with E-state index in [1.165, 1.54) is 0 Å². The lowest BCUT2D eigenvalue weighted by molar-refractivity contribution is 0.0577. The summed E-state index contributed by atoms with van der Waals surface area (Å²) in [6.07, 6.45) is -0.415. The molecule has 0 radical (unpaired) electrons. The Balaban J connectivity index is 1.81. The number of benzene rings is 3. The fraction of sp³-hybridized carbons (Fsp3) is 0.185. The van der Waals surface area contributed by atoms with Crippen LogP contribution in [0.25, 0.3) is 22.2 Å². The highest BCUT2D eigenvalue weighted by molar-refractivity contribution is 6.30. The molecular formula is C27H25ClN2O2. The van der Waals surface area contributed by atoms with E-state index >= 15 is 0 Å². The molecule has 0 atom stereocenters. The van der Waals surface area contributed by atoms with Crippen LogP contribution in [0.15, 0.2) is 84.9 Å². The zero-order chi connectivity index (χ0) is 22.7. The molecule has 0 saturated heterocycles. The van der Waals surface area contributed by atoms with Gasteiger partial charge >= 0.3 is 6.09 Å². The number of rotatable bonds is 4. The number of para-hydroxylation sites is 1. The highest BCUT2D eigenvalue weighted by atomic mass is 35.5. The number of halogens is 1. The second kappa shape index (κ2) is 9.01. The van der Waals surface area contributed by atoms with Gasteiger partial charge in [-0.1, -0.05) is 60.1 Å². The van der Waals surface area contributed by atoms with Crippen LogP contribution in [0.1, 0.15) is 26.3 Å². The van der Waals surface area contributed by atoms with Crippen molar-refractivity contribution in [2.75, 3.05) is 4.90 Å². The summed E-state index contributed by atoms with van der Waals surface area (Å²) in [5.41, 5.74) is 3.84. The van der Waals surface area contributed by atoms with Gasteiger partial charge in [0, 0.05) is 21.7 Å². The van der Waals surface area contributed by atoms with Gasteiger partial charge in [0.2, 0.25) is 0 Å². The van der Waals surface area contributed by atoms with Crippen molar-refractivity contribution >= 4 is 34.3 Å². The van der Waals surface area contributed by atoms with Crippen LogP contribution in [0.5, 0.6) is 0 Å². The van der Waals surface area contributed by atoms with Gasteiger partial charge in [-0.15, -0.1) is 0 Å². The molecule has 0 aliphatic heterocycles. The molecule has 0 N–H and O–H groups in total. The maximum atomic E-state index is 13.2. The molecule has 4 rings (SSSR count). The third-order valence-corrected chi connectivity index (χ3v) is 5.20. The molecule has 4 nitrogen and oxygen atoms in total. The van der Waals surface area contributed by atoms with Gasteiger partial charge < -0.3 is 4.74 Å². The summed E-state index contributed by atoms with van der Waals surface area (Å²) < 4.78 is 5.72. The van der Waals surface area contributed by atoms with Gasteiger partial charge in [0.05, 0.1) is 17.8 Å². The summed E-state index contributed by atoms with van der Waals surface area (Å²) in [5, 5.41) is 1.60. The normalized spacial score (nSPS) is 11.4. The van der Waals surface area contributed by atoms with Crippen molar-refractivity contribution in [2.45, 2.75) is 32.9 Å². The Morgan fingerprint density at radius 1 is 0.938 bits per heavy atom. The molecule has 4 aromatic rings. The number of carbonyl (C=O) groups is 1. The smallest absolute Gasteiger partial charge is 0.415 e. The molecular weight excluding hydrogens is 420 g/mol. The zero-order valence-electron chi connectivity index (χ0n) is 18.4. The predicted octanol–water partition coefficient (Wildman–Crippen LogP) is 7.50. The van der Waals surface area contributed by atoms with Gasteiger partial charge in [-0.25, -0.2) is 9.78 Å². The number of anilines is 1. The first-order chi connectivity index (χ1) is 15.3. The molecule has 0 aliphatic carbocycles. The van der Waals surface area contributed by atoms with Crippen molar-refractivity contribution < 1.29 is 9.53 Å². The average molecular weight is 445 g/mol. The molecule has 1 heterocycles. The van der Waals surface area contributed by atoms with Crippen molar-refractivity contribution in [3.05, 3.63) is 95.5 Å². The first-order valence-electron chi connectivity index (χ1n) is 10.5. The summed E-state index contributed by atoms with van der Waals surface area (Å²) in [6, 6.07) is 27.3. The molecule has 0 saturated carbocycles. The van der Waals surface area contributed by atoms with Crippen LogP contribution in [0.3, 0.4) is 0 Å². The SMILES string of the molecule is CC(C)(C)OC(=O)N(Cc1cc(-c2ccccc2)nc2ccccc12)c1ccc(Cl)cc1. The monoisotopic (exact) mass is 444 g/mol. The number of hydrogen-bond acceptors (Lipinski definition) is 3. The Bertz CT molecular complexity index is 1230. The molecule has 3 aromatic carbocycles. The fourth-order valence-corrected chi connectivity index (χ4v) is 3.63. The highest BCUT2D eigenvalue weighted by Gasteiger charge is 2.24. The van der Waals surface area contributed by atoms with Crippen LogP contribution >= 0.6 is 11.6 Å². The number of carbonyl (C=O) groups excluding carboxylic acids is 1. The third-order valence-electron chi connectivity index (χ3n) is 4.95. The molecule has 162 valence electrons. The zero-order valence-corrected chi connectivity index (χ0v) is 19.1. The summed E-state index contributed by atoms with van der Waals surface area (Å²) in [7, 11) is 0. The molecule has 0 spiro atoms. The van der Waals surface area contributed by atoms with E-state index in [4.69, 9.17) is 21.3 Å². The van der Waals surface area contributed by atoms with Crippen LogP contribution in [0, 0.1) is 0 Å². The standard InChI is InChI=1S/C27H25ClN2O2/c1-27(2,3)32-26(31)30(22-15-13-21(28)14-16-22)18-20-17-25(19-9-5-4-6-10-19)29-24-12-8-7-11-23(20)24/h4-17H,18H2,1-3H3. The number of aromatic nitrogens is 1. The topological polar surface area (TPSA) is 42.4 Å². The van der Waals surface area contributed by atoms with E-state index < -0.39 is 11.7 Å². The quantitative estimate of drug-likeness (QED) is 0.327. The van der Waals surface area contributed by atoms with Crippen molar-refractivity contribution in [3.8, 4) is 11.3 Å². The van der Waals surface area contributed by atoms with Gasteiger partial charge in [0.1, 0.15) is 5.60 Å². The lowest BCUT2D eigenvalue weighted by atomic mass is 10.0. The van der Waals surface area contributed by atoms with E-state index in [-0.39, 0.29) is 0 Å². The first-order valence-corrected chi connectivity index (χ1v) is 10.9. The van der Waals surface area contributed by atoms with E-state index in [1.54, 1.807) is 17.0 Å². The van der Waals surface area contributed by atoms with Crippen LogP contribution in [0.4, 0.5) is 10.5 Å². The van der Waals surface area contributed by atoms with E-state index in [9.17, 15) is 4.79 Å². The fourth-order valence-electron chi connectivity index (χ4n) is 3.50. The lowest BCUT2D eigenvalue weighted by Crippen LogP contribution is -2.36. The minimum absolute atomic E-state index is 0.333. The Morgan fingerprint density at radius 2 is 1.59 bits per heavy atom. The first kappa shape index (κ1) is 21.8. The van der Waals surface area contributed by atoms with E-state index in [2.05, 4.69) is 0 Å². The third kappa shape index (κ3) is 5.09. The Kier molecular flexibility index (Phi) is 6.15. The average Bonchev–Trinajstić information content (AvgIpc) is 2.77. The molecule has 0 fully saturated rings. The second-order valence-electron chi connectivity index (χ2n) is 8.59. The van der Waals surface area contributed by atoms with Crippen molar-refractivity contribution in [1.82, 2.24) is 4.98 Å². The van der Waals surface area contributed by atoms with Crippen molar-refractivity contribution in [1.29, 1.82) is 0 Å². The molecule has 0 aliphatic rings. The van der Waals surface area contributed by atoms with Gasteiger partial charge in [0.15, 0.2) is 0 Å². The van der Waals surface area contributed by atoms with Crippen LogP contribution < -0.4 is 4.90 Å². The number of hydrogen-bond donors (Lipinski definition) is 0. The van der Waals surface area contributed by atoms with Gasteiger partial charge in [-0.3, -0.25) is 4.90 Å². The number of ether oxygens (including phenoxy) is 1. The largest absolute Gasteiger partial charge is 0.443 e. The maximum Gasteiger partial charge on any atom is 0.415 e. The van der Waals surface area contributed by atoms with E-state index in [0.29, 0.717) is 17.3 Å². The summed E-state index contributed by atoms with van der Waals surface area (Å²) in [5.74, 6) is 0. The Labute approximate surface area is 193 Å². The molecule has 1 aromatic heterocycles. The van der Waals surface area contributed by atoms with Gasteiger partial charge in [0.25, 0.3) is 0 Å². The van der Waals surface area contributed by atoms with E-state index in [1.807, 2.05) is 93.6 Å². The van der Waals surface area contributed by atoms with E-state index in [0.717, 1.165) is 27.7 Å². The Hall–Kier alpha value is -3.37. The van der Waals surface area contributed by atoms with Crippen molar-refractivity contribution in [3.63, 3.8) is 0 Å². The molecule has 1 amide bonds. The molecule has 0 bridgehead atoms. The Morgan fingerprint density at radius 3 is 2.28 bits per heavy atom. The number of pyridine rings is 1. The highest BCUT2D eigenvalue weighted by Crippen LogP contribution is 2.29. The predicted molar refractivity (Wildman–Crippen MR) is 131 cm³/mol. The van der Waals surface area contributed by atoms with Crippen LogP contribution in [-0.2, 0) is 11.3 Å². The van der Waals surface area contributed by atoms with Crippen molar-refractivity contribution in [2.24, 2.45) is 0 Å². The minimum Gasteiger partial charge on any atom is -0.443 e. The lowest BCUT2D eigenvalue weighted by Gasteiger charge is -2.28. The number of nitrogens with zero attached hydrogens (tertiary/aromatic N) is 2. The van der Waals surface area contributed by atoms with Gasteiger partial charge in [-0.2, -0.15) is 0 Å². The van der Waals surface area contributed by atoms with Crippen LogP contribution in [0.2, 0.25) is 5.02 Å². The molecule has 5 heteroatoms. The number of amides is 1. The maximum absolute atomic E-state index is 13.2. The summed E-state index contributed by atoms with van der Waals surface area (Å²) in [4.78, 5) is 19.7. The molecule has 32 heavy (non-hydrogen) atoms. The summed E-state index contributed by atoms with van der Waals surface area (Å²) in [6.45, 7) is 5.92. The molecule has 0 unspecified atom stereocenters. The minimum atomic E-state index is -0.614. The van der Waals surface area contributed by atoms with Crippen LogP contribution in [-0.4, -0.2) is 16.7 Å². The second-order valence-corrected chi connectivity index (χ2v) is 9.03. The summed E-state index contributed by atoms with van der Waals surface area (Å²) >= 11 is 6.09.